The van der Waals surface area contributed by atoms with Gasteiger partial charge in [-0.05, 0) is 37.8 Å². The van der Waals surface area contributed by atoms with Gasteiger partial charge in [-0.15, -0.1) is 11.3 Å². The Morgan fingerprint density at radius 2 is 1.94 bits per heavy atom. The van der Waals surface area contributed by atoms with Gasteiger partial charge in [0.05, 0.1) is 17.7 Å². The highest BCUT2D eigenvalue weighted by Crippen LogP contribution is 2.39. The van der Waals surface area contributed by atoms with E-state index in [0.717, 1.165) is 22.6 Å². The molecule has 0 atom stereocenters. The first-order chi connectivity index (χ1) is 14.8. The Balaban J connectivity index is 1.57. The number of likely N-dealkylation sites (tertiary alicyclic amines) is 1. The molecule has 0 radical (unpaired) electrons. The summed E-state index contributed by atoms with van der Waals surface area (Å²) < 4.78 is 0. The number of carbonyl (C=O) groups is 3. The quantitative estimate of drug-likeness (QED) is 0.773. The molecule has 0 bridgehead atoms. The summed E-state index contributed by atoms with van der Waals surface area (Å²) in [6, 6.07) is 7.62. The fourth-order valence-corrected chi connectivity index (χ4v) is 5.61. The molecule has 0 saturated carbocycles. The number of aryl methyl sites for hydroxylation is 2. The predicted molar refractivity (Wildman–Crippen MR) is 120 cm³/mol. The van der Waals surface area contributed by atoms with Gasteiger partial charge in [-0.3, -0.25) is 14.4 Å². The summed E-state index contributed by atoms with van der Waals surface area (Å²) in [6.45, 7) is 7.19. The van der Waals surface area contributed by atoms with Crippen LogP contribution in [0.5, 0.6) is 0 Å². The first kappa shape index (κ1) is 21.5. The fourth-order valence-electron chi connectivity index (χ4n) is 4.69. The molecule has 3 amide bonds. The molecule has 2 aliphatic heterocycles. The van der Waals surface area contributed by atoms with Gasteiger partial charge in [-0.1, -0.05) is 25.1 Å². The highest BCUT2D eigenvalue weighted by atomic mass is 32.1. The first-order valence-electron chi connectivity index (χ1n) is 10.7. The zero-order chi connectivity index (χ0) is 22.2. The monoisotopic (exact) mass is 440 g/mol. The molecule has 1 aromatic carbocycles. The number of rotatable bonds is 5. The third-order valence-electron chi connectivity index (χ3n) is 6.50. The number of nitrogens with one attached hydrogen (secondary N) is 1. The van der Waals surface area contributed by atoms with Crippen LogP contribution < -0.4 is 5.32 Å². The minimum absolute atomic E-state index is 0.0273. The number of carbonyl (C=O) groups excluding carboxylic acids is 3. The summed E-state index contributed by atoms with van der Waals surface area (Å²) in [6.07, 6.45) is 2.18. The van der Waals surface area contributed by atoms with Crippen LogP contribution in [0.4, 0.5) is 5.13 Å². The van der Waals surface area contributed by atoms with Crippen LogP contribution in [-0.4, -0.2) is 51.1 Å². The largest absolute Gasteiger partial charge is 0.343 e. The molecule has 31 heavy (non-hydrogen) atoms. The lowest BCUT2D eigenvalue weighted by atomic mass is 9.82. The van der Waals surface area contributed by atoms with Crippen LogP contribution in [-0.2, 0) is 22.6 Å². The maximum absolute atomic E-state index is 13.2. The number of anilines is 1. The third kappa shape index (κ3) is 4.08. The molecule has 2 aromatic rings. The van der Waals surface area contributed by atoms with E-state index in [4.69, 9.17) is 0 Å². The molecule has 1 saturated heterocycles. The van der Waals surface area contributed by atoms with E-state index in [0.29, 0.717) is 43.2 Å². The predicted octanol–water partition coefficient (Wildman–Crippen LogP) is 3.38. The van der Waals surface area contributed by atoms with Crippen LogP contribution >= 0.6 is 11.3 Å². The van der Waals surface area contributed by atoms with Gasteiger partial charge in [-0.2, -0.15) is 0 Å². The van der Waals surface area contributed by atoms with E-state index in [1.54, 1.807) is 11.8 Å². The van der Waals surface area contributed by atoms with Crippen molar-refractivity contribution in [2.75, 3.05) is 18.4 Å². The van der Waals surface area contributed by atoms with E-state index in [1.807, 2.05) is 43.0 Å². The van der Waals surface area contributed by atoms with Crippen LogP contribution in [0.3, 0.4) is 0 Å². The van der Waals surface area contributed by atoms with E-state index < -0.39 is 5.54 Å². The summed E-state index contributed by atoms with van der Waals surface area (Å²) in [5, 5.41) is 3.56. The summed E-state index contributed by atoms with van der Waals surface area (Å²) in [4.78, 5) is 47.5. The average molecular weight is 441 g/mol. The molecule has 4 rings (SSSR count). The van der Waals surface area contributed by atoms with E-state index >= 15 is 0 Å². The van der Waals surface area contributed by atoms with Gasteiger partial charge in [0, 0.05) is 37.0 Å². The second-order valence-electron chi connectivity index (χ2n) is 8.38. The Hall–Kier alpha value is -2.74. The van der Waals surface area contributed by atoms with Crippen LogP contribution in [0.1, 0.15) is 59.6 Å². The van der Waals surface area contributed by atoms with Crippen LogP contribution in [0.25, 0.3) is 0 Å². The number of aromatic nitrogens is 1. The van der Waals surface area contributed by atoms with Gasteiger partial charge < -0.3 is 15.1 Å². The summed E-state index contributed by atoms with van der Waals surface area (Å²) in [7, 11) is 0. The summed E-state index contributed by atoms with van der Waals surface area (Å²) >= 11 is 1.48. The lowest BCUT2D eigenvalue weighted by molar-refractivity contribution is -0.131. The topological polar surface area (TPSA) is 82.6 Å². The smallest absolute Gasteiger partial charge is 0.254 e. The number of fused-ring (bicyclic) bond motifs is 1. The van der Waals surface area contributed by atoms with Gasteiger partial charge in [-0.25, -0.2) is 4.98 Å². The number of piperidine rings is 1. The highest BCUT2D eigenvalue weighted by Gasteiger charge is 2.47. The molecule has 7 nitrogen and oxygen atoms in total. The van der Waals surface area contributed by atoms with Crippen molar-refractivity contribution < 1.29 is 14.4 Å². The van der Waals surface area contributed by atoms with Gasteiger partial charge in [0.2, 0.25) is 11.8 Å². The Kier molecular flexibility index (Phi) is 5.83. The van der Waals surface area contributed by atoms with Crippen LogP contribution in [0.15, 0.2) is 24.3 Å². The number of thiazole rings is 1. The standard InChI is InChI=1S/C23H28N4O3S/c1-4-19-15(2)31-22(24-19)25-20(29)13-23(9-11-26(12-10-23)16(3)28)27-14-17-7-5-6-8-18(17)21(27)30/h5-8H,4,9-14H2,1-3H3,(H,24,25,29). The Labute approximate surface area is 186 Å². The Morgan fingerprint density at radius 3 is 2.55 bits per heavy atom. The van der Waals surface area contributed by atoms with Crippen LogP contribution in [0, 0.1) is 6.92 Å². The molecule has 1 aromatic heterocycles. The number of hydrogen-bond acceptors (Lipinski definition) is 5. The molecule has 0 unspecified atom stereocenters. The molecule has 3 heterocycles. The maximum atomic E-state index is 13.2. The van der Waals surface area contributed by atoms with E-state index in [9.17, 15) is 14.4 Å². The molecular formula is C23H28N4O3S. The van der Waals surface area contributed by atoms with Gasteiger partial charge >= 0.3 is 0 Å². The van der Waals surface area contributed by atoms with E-state index in [1.165, 1.54) is 11.3 Å². The zero-order valence-corrected chi connectivity index (χ0v) is 19.1. The molecule has 8 heteroatoms. The summed E-state index contributed by atoms with van der Waals surface area (Å²) in [5.74, 6) is -0.145. The molecule has 0 spiro atoms. The van der Waals surface area contributed by atoms with Crippen molar-refractivity contribution in [3.8, 4) is 0 Å². The zero-order valence-electron chi connectivity index (χ0n) is 18.2. The molecule has 0 aliphatic carbocycles. The number of amides is 3. The molecule has 2 aliphatic rings. The third-order valence-corrected chi connectivity index (χ3v) is 7.43. The van der Waals surface area contributed by atoms with Crippen molar-refractivity contribution in [2.24, 2.45) is 0 Å². The van der Waals surface area contributed by atoms with Crippen molar-refractivity contribution in [1.82, 2.24) is 14.8 Å². The first-order valence-corrected chi connectivity index (χ1v) is 11.6. The van der Waals surface area contributed by atoms with Gasteiger partial charge in [0.1, 0.15) is 0 Å². The number of benzene rings is 1. The lowest BCUT2D eigenvalue weighted by Crippen LogP contribution is -2.57. The van der Waals surface area contributed by atoms with Crippen molar-refractivity contribution in [2.45, 2.75) is 58.5 Å². The average Bonchev–Trinajstić information content (AvgIpc) is 3.27. The molecule has 1 fully saturated rings. The molecule has 1 N–H and O–H groups in total. The number of nitrogens with zero attached hydrogens (tertiary/aromatic N) is 3. The SMILES string of the molecule is CCc1nc(NC(=O)CC2(N3Cc4ccccc4C3=O)CCN(C(C)=O)CC2)sc1C. The second-order valence-corrected chi connectivity index (χ2v) is 9.58. The van der Waals surface area contributed by atoms with Gasteiger partial charge in [0.15, 0.2) is 5.13 Å². The Morgan fingerprint density at radius 1 is 1.23 bits per heavy atom. The molecular weight excluding hydrogens is 412 g/mol. The fraction of sp³-hybridized carbons (Fsp3) is 0.478. The summed E-state index contributed by atoms with van der Waals surface area (Å²) in [5.41, 5.74) is 2.07. The Bertz CT molecular complexity index is 1020. The molecule has 164 valence electrons. The maximum Gasteiger partial charge on any atom is 0.254 e. The minimum atomic E-state index is -0.619. The van der Waals surface area contributed by atoms with E-state index in [2.05, 4.69) is 10.3 Å². The van der Waals surface area contributed by atoms with Crippen molar-refractivity contribution in [3.05, 3.63) is 46.0 Å². The number of hydrogen-bond donors (Lipinski definition) is 1. The van der Waals surface area contributed by atoms with Crippen molar-refractivity contribution in [1.29, 1.82) is 0 Å². The van der Waals surface area contributed by atoms with E-state index in [-0.39, 0.29) is 24.1 Å². The highest BCUT2D eigenvalue weighted by molar-refractivity contribution is 7.15. The van der Waals surface area contributed by atoms with Crippen molar-refractivity contribution >= 4 is 34.2 Å². The lowest BCUT2D eigenvalue weighted by Gasteiger charge is -2.47. The second kappa shape index (κ2) is 8.42. The van der Waals surface area contributed by atoms with Crippen molar-refractivity contribution in [3.63, 3.8) is 0 Å². The van der Waals surface area contributed by atoms with Crippen LogP contribution in [0.2, 0.25) is 0 Å². The van der Waals surface area contributed by atoms with Gasteiger partial charge in [0.25, 0.3) is 5.91 Å². The normalized spacial score (nSPS) is 17.6. The minimum Gasteiger partial charge on any atom is -0.343 e.